The topological polar surface area (TPSA) is 89.4 Å². The summed E-state index contributed by atoms with van der Waals surface area (Å²) in [5.74, 6) is 1.05. The largest absolute Gasteiger partial charge is 0.308 e. The number of nitrogens with one attached hydrogen (secondary N) is 1. The molecule has 8 heteroatoms. The Bertz CT molecular complexity index is 987. The molecular weight excluding hydrogens is 300 g/mol. The average molecular weight is 310 g/mol. The summed E-state index contributed by atoms with van der Waals surface area (Å²) in [5, 5.41) is 14.2. The van der Waals surface area contributed by atoms with Gasteiger partial charge in [0.1, 0.15) is 17.1 Å². The van der Waals surface area contributed by atoms with Gasteiger partial charge in [-0.1, -0.05) is 30.3 Å². The van der Waals surface area contributed by atoms with Gasteiger partial charge in [0.15, 0.2) is 0 Å². The van der Waals surface area contributed by atoms with Crippen molar-refractivity contribution in [1.29, 1.82) is 0 Å². The van der Waals surface area contributed by atoms with Crippen LogP contribution in [0.2, 0.25) is 0 Å². The molecule has 0 spiro atoms. The number of benzene rings is 1. The van der Waals surface area contributed by atoms with E-state index >= 15 is 0 Å². The molecule has 0 aliphatic heterocycles. The van der Waals surface area contributed by atoms with Crippen molar-refractivity contribution in [3.63, 3.8) is 0 Å². The van der Waals surface area contributed by atoms with Crippen LogP contribution in [0.3, 0.4) is 0 Å². The lowest BCUT2D eigenvalue weighted by Crippen LogP contribution is -2.14. The third-order valence-corrected chi connectivity index (χ3v) is 4.04. The van der Waals surface area contributed by atoms with Crippen LogP contribution in [0.5, 0.6) is 0 Å². The lowest BCUT2D eigenvalue weighted by molar-refractivity contribution is 0.555. The van der Waals surface area contributed by atoms with Crippen LogP contribution in [-0.2, 0) is 6.54 Å². The van der Waals surface area contributed by atoms with Crippen LogP contribution in [0.4, 0.5) is 0 Å². The quantitative estimate of drug-likeness (QED) is 0.622. The van der Waals surface area contributed by atoms with E-state index in [4.69, 9.17) is 0 Å². The van der Waals surface area contributed by atoms with Gasteiger partial charge in [0.2, 0.25) is 5.82 Å². The van der Waals surface area contributed by atoms with Gasteiger partial charge in [-0.15, -0.1) is 21.5 Å². The molecule has 4 rings (SSSR count). The minimum atomic E-state index is -0.140. The number of tetrazole rings is 1. The molecule has 0 fully saturated rings. The summed E-state index contributed by atoms with van der Waals surface area (Å²) >= 11 is 1.37. The molecule has 0 aliphatic rings. The highest BCUT2D eigenvalue weighted by Gasteiger charge is 2.09. The van der Waals surface area contributed by atoms with Crippen LogP contribution in [0.25, 0.3) is 21.6 Å². The molecule has 22 heavy (non-hydrogen) atoms. The third kappa shape index (κ3) is 2.29. The maximum atomic E-state index is 11.9. The molecule has 0 atom stereocenters. The van der Waals surface area contributed by atoms with E-state index in [9.17, 15) is 4.79 Å². The van der Waals surface area contributed by atoms with Gasteiger partial charge in [0, 0.05) is 5.56 Å². The fourth-order valence-corrected chi connectivity index (χ4v) is 2.87. The summed E-state index contributed by atoms with van der Waals surface area (Å²) in [5.41, 5.74) is 1.44. The summed E-state index contributed by atoms with van der Waals surface area (Å²) in [6.07, 6.45) is 0. The monoisotopic (exact) mass is 310 g/mol. The lowest BCUT2D eigenvalue weighted by Gasteiger charge is -1.99. The molecule has 0 unspecified atom stereocenters. The zero-order chi connectivity index (χ0) is 14.9. The summed E-state index contributed by atoms with van der Waals surface area (Å²) in [7, 11) is 0. The van der Waals surface area contributed by atoms with Crippen molar-refractivity contribution < 1.29 is 0 Å². The molecule has 7 nitrogen and oxygen atoms in total. The smallest absolute Gasteiger partial charge is 0.268 e. The van der Waals surface area contributed by atoms with Crippen LogP contribution >= 0.6 is 11.3 Å². The first-order valence-corrected chi connectivity index (χ1v) is 7.47. The Kier molecular flexibility index (Phi) is 3.01. The second-order valence-corrected chi connectivity index (χ2v) is 5.57. The highest BCUT2D eigenvalue weighted by Crippen LogP contribution is 2.14. The number of hydrogen-bond donors (Lipinski definition) is 1. The fourth-order valence-electron chi connectivity index (χ4n) is 2.14. The lowest BCUT2D eigenvalue weighted by atomic mass is 10.2. The molecule has 0 amide bonds. The number of aromatic amines is 1. The van der Waals surface area contributed by atoms with Crippen LogP contribution in [0.1, 0.15) is 5.82 Å². The Balaban J connectivity index is 1.65. The van der Waals surface area contributed by atoms with E-state index in [1.807, 2.05) is 41.8 Å². The molecule has 0 bridgehead atoms. The Labute approximate surface area is 128 Å². The standard InChI is InChI=1S/C14H10N6OS/c21-14-12-10(6-7-22-12)15-11(16-14)8-20-18-13(17-19-20)9-4-2-1-3-5-9/h1-7H,8H2,(H,15,16,21). The van der Waals surface area contributed by atoms with Crippen molar-refractivity contribution in [3.8, 4) is 11.4 Å². The van der Waals surface area contributed by atoms with Crippen molar-refractivity contribution in [2.45, 2.75) is 6.54 Å². The van der Waals surface area contributed by atoms with Gasteiger partial charge in [-0.25, -0.2) is 4.98 Å². The highest BCUT2D eigenvalue weighted by atomic mass is 32.1. The number of rotatable bonds is 3. The summed E-state index contributed by atoms with van der Waals surface area (Å²) in [6, 6.07) is 11.4. The maximum Gasteiger partial charge on any atom is 0.268 e. The minimum absolute atomic E-state index is 0.140. The molecule has 0 aliphatic carbocycles. The van der Waals surface area contributed by atoms with Crippen molar-refractivity contribution >= 4 is 21.6 Å². The first kappa shape index (κ1) is 12.8. The van der Waals surface area contributed by atoms with E-state index in [0.29, 0.717) is 21.9 Å². The molecule has 0 saturated carbocycles. The molecular formula is C14H10N6OS. The molecule has 0 saturated heterocycles. The number of aromatic nitrogens is 6. The molecule has 1 N–H and O–H groups in total. The number of H-pyrrole nitrogens is 1. The Morgan fingerprint density at radius 1 is 1.18 bits per heavy atom. The molecule has 3 aromatic heterocycles. The van der Waals surface area contributed by atoms with Gasteiger partial charge in [0.05, 0.1) is 5.52 Å². The van der Waals surface area contributed by atoms with Gasteiger partial charge < -0.3 is 4.98 Å². The first-order valence-electron chi connectivity index (χ1n) is 6.59. The van der Waals surface area contributed by atoms with E-state index in [1.165, 1.54) is 16.1 Å². The van der Waals surface area contributed by atoms with Crippen molar-refractivity contribution in [3.05, 3.63) is 58.0 Å². The summed E-state index contributed by atoms with van der Waals surface area (Å²) in [6.45, 7) is 0.265. The zero-order valence-corrected chi connectivity index (χ0v) is 12.1. The zero-order valence-electron chi connectivity index (χ0n) is 11.3. The Morgan fingerprint density at radius 3 is 2.91 bits per heavy atom. The fraction of sp³-hybridized carbons (Fsp3) is 0.0714. The van der Waals surface area contributed by atoms with Crippen LogP contribution < -0.4 is 5.56 Å². The molecule has 108 valence electrons. The minimum Gasteiger partial charge on any atom is -0.308 e. The molecule has 1 aromatic carbocycles. The maximum absolute atomic E-state index is 11.9. The SMILES string of the molecule is O=c1[nH]c(Cn2nnc(-c3ccccc3)n2)nc2ccsc12. The van der Waals surface area contributed by atoms with Gasteiger partial charge in [-0.3, -0.25) is 4.79 Å². The summed E-state index contributed by atoms with van der Waals surface area (Å²) < 4.78 is 0.625. The predicted octanol–water partition coefficient (Wildman–Crippen LogP) is 1.69. The predicted molar refractivity (Wildman–Crippen MR) is 82.6 cm³/mol. The molecule has 4 aromatic rings. The first-order chi connectivity index (χ1) is 10.8. The van der Waals surface area contributed by atoms with Gasteiger partial charge in [0.25, 0.3) is 5.56 Å². The summed E-state index contributed by atoms with van der Waals surface area (Å²) in [4.78, 5) is 20.5. The van der Waals surface area contributed by atoms with Crippen molar-refractivity contribution in [2.75, 3.05) is 0 Å². The van der Waals surface area contributed by atoms with Crippen LogP contribution in [-0.4, -0.2) is 30.2 Å². The third-order valence-electron chi connectivity index (χ3n) is 3.14. The number of thiophene rings is 1. The van der Waals surface area contributed by atoms with Gasteiger partial charge in [-0.05, 0) is 16.7 Å². The number of hydrogen-bond acceptors (Lipinski definition) is 6. The van der Waals surface area contributed by atoms with Crippen molar-refractivity contribution in [2.24, 2.45) is 0 Å². The van der Waals surface area contributed by atoms with Crippen LogP contribution in [0.15, 0.2) is 46.6 Å². The van der Waals surface area contributed by atoms with E-state index in [2.05, 4.69) is 25.4 Å². The van der Waals surface area contributed by atoms with Gasteiger partial charge >= 0.3 is 0 Å². The second-order valence-electron chi connectivity index (χ2n) is 4.66. The molecule has 0 radical (unpaired) electrons. The highest BCUT2D eigenvalue weighted by molar-refractivity contribution is 7.17. The Hall–Kier alpha value is -2.87. The molecule has 3 heterocycles. The van der Waals surface area contributed by atoms with Crippen LogP contribution in [0, 0.1) is 0 Å². The van der Waals surface area contributed by atoms with E-state index in [-0.39, 0.29) is 12.1 Å². The van der Waals surface area contributed by atoms with Gasteiger partial charge in [-0.2, -0.15) is 4.80 Å². The normalized spacial score (nSPS) is 11.1. The van der Waals surface area contributed by atoms with E-state index in [0.717, 1.165) is 5.56 Å². The second kappa shape index (κ2) is 5.15. The average Bonchev–Trinajstić information content (AvgIpc) is 3.17. The Morgan fingerprint density at radius 2 is 2.05 bits per heavy atom. The van der Waals surface area contributed by atoms with E-state index < -0.39 is 0 Å². The van der Waals surface area contributed by atoms with Crippen molar-refractivity contribution in [1.82, 2.24) is 30.2 Å². The van der Waals surface area contributed by atoms with E-state index in [1.54, 1.807) is 0 Å². The number of fused-ring (bicyclic) bond motifs is 1. The number of nitrogens with zero attached hydrogens (tertiary/aromatic N) is 5.